The zero-order chi connectivity index (χ0) is 24.1. The van der Waals surface area contributed by atoms with E-state index in [1.165, 1.54) is 6.92 Å². The Labute approximate surface area is 210 Å². The summed E-state index contributed by atoms with van der Waals surface area (Å²) < 4.78 is 5.55. The van der Waals surface area contributed by atoms with Gasteiger partial charge in [0.15, 0.2) is 0 Å². The van der Waals surface area contributed by atoms with Gasteiger partial charge in [-0.15, -0.1) is 23.5 Å². The van der Waals surface area contributed by atoms with E-state index in [0.29, 0.717) is 0 Å². The number of hydrogen-bond acceptors (Lipinski definition) is 5. The number of hydrogen-bond donors (Lipinski definition) is 0. The molecule has 34 heavy (non-hydrogen) atoms. The first-order valence-electron chi connectivity index (χ1n) is 11.4. The van der Waals surface area contributed by atoms with Gasteiger partial charge in [-0.05, 0) is 43.7 Å². The number of amides is 1. The highest BCUT2D eigenvalue weighted by molar-refractivity contribution is 8.17. The van der Waals surface area contributed by atoms with E-state index in [-0.39, 0.29) is 28.5 Å². The summed E-state index contributed by atoms with van der Waals surface area (Å²) in [7, 11) is 0. The predicted octanol–water partition coefficient (Wildman–Crippen LogP) is 6.44. The molecule has 0 aliphatic carbocycles. The van der Waals surface area contributed by atoms with E-state index < -0.39 is 12.0 Å². The zero-order valence-corrected chi connectivity index (χ0v) is 21.2. The van der Waals surface area contributed by atoms with E-state index in [0.717, 1.165) is 15.4 Å². The van der Waals surface area contributed by atoms with Crippen molar-refractivity contribution in [2.45, 2.75) is 53.3 Å². The van der Waals surface area contributed by atoms with Crippen LogP contribution < -0.4 is 0 Å². The van der Waals surface area contributed by atoms with E-state index in [9.17, 15) is 9.59 Å². The molecular weight excluding hydrogens is 462 g/mol. The maximum absolute atomic E-state index is 13.5. The molecule has 6 heteroatoms. The Morgan fingerprint density at radius 2 is 1.29 bits per heavy atom. The first-order valence-corrected chi connectivity index (χ1v) is 13.2. The summed E-state index contributed by atoms with van der Waals surface area (Å²) in [6.07, 6.45) is -0.496. The average Bonchev–Trinajstić information content (AvgIpc) is 2.83. The second-order valence-electron chi connectivity index (χ2n) is 8.39. The number of thioether (sulfide) groups is 2. The van der Waals surface area contributed by atoms with Crippen LogP contribution in [0.1, 0.15) is 32.4 Å². The highest BCUT2D eigenvalue weighted by Gasteiger charge is 2.56. The van der Waals surface area contributed by atoms with Gasteiger partial charge in [0.1, 0.15) is 6.10 Å². The molecule has 0 radical (unpaired) electrons. The Kier molecular flexibility index (Phi) is 8.01. The van der Waals surface area contributed by atoms with Gasteiger partial charge >= 0.3 is 5.97 Å². The molecule has 1 saturated heterocycles. The Bertz CT molecular complexity index is 1050. The number of carbonyl (C=O) groups is 2. The fraction of sp³-hybridized carbons (Fsp3) is 0.286. The molecule has 176 valence electrons. The van der Waals surface area contributed by atoms with Crippen LogP contribution in [0.4, 0.5) is 0 Å². The molecule has 0 saturated carbocycles. The second-order valence-corrected chi connectivity index (χ2v) is 11.1. The lowest BCUT2D eigenvalue weighted by molar-refractivity contribution is -0.174. The summed E-state index contributed by atoms with van der Waals surface area (Å²) in [5.74, 6) is -0.730. The lowest BCUT2D eigenvalue weighted by Crippen LogP contribution is -2.67. The second kappa shape index (κ2) is 11.2. The van der Waals surface area contributed by atoms with Gasteiger partial charge in [-0.25, -0.2) is 0 Å². The monoisotopic (exact) mass is 491 g/mol. The van der Waals surface area contributed by atoms with Crippen LogP contribution in [-0.2, 0) is 14.3 Å². The average molecular weight is 492 g/mol. The Balaban J connectivity index is 1.71. The molecule has 0 spiro atoms. The molecule has 0 unspecified atom stereocenters. The van der Waals surface area contributed by atoms with Crippen LogP contribution in [0.15, 0.2) is 101 Å². The van der Waals surface area contributed by atoms with E-state index >= 15 is 0 Å². The molecule has 1 aliphatic rings. The van der Waals surface area contributed by atoms with Crippen molar-refractivity contribution in [1.82, 2.24) is 4.90 Å². The molecule has 0 N–H and O–H groups in total. The Morgan fingerprint density at radius 1 is 0.824 bits per heavy atom. The van der Waals surface area contributed by atoms with E-state index in [1.807, 2.05) is 66.4 Å². The minimum atomic E-state index is -0.496. The molecule has 4 rings (SSSR count). The van der Waals surface area contributed by atoms with Gasteiger partial charge in [0, 0.05) is 16.7 Å². The Hall–Kier alpha value is -2.70. The van der Waals surface area contributed by atoms with Crippen molar-refractivity contribution >= 4 is 35.4 Å². The van der Waals surface area contributed by atoms with Gasteiger partial charge in [0.05, 0.1) is 22.6 Å². The van der Waals surface area contributed by atoms with Crippen LogP contribution in [0.3, 0.4) is 0 Å². The van der Waals surface area contributed by atoms with E-state index in [1.54, 1.807) is 23.5 Å². The van der Waals surface area contributed by atoms with Gasteiger partial charge in [0.2, 0.25) is 5.91 Å². The van der Waals surface area contributed by atoms with Crippen LogP contribution in [0, 0.1) is 5.92 Å². The fourth-order valence-corrected chi connectivity index (χ4v) is 7.34. The van der Waals surface area contributed by atoms with Gasteiger partial charge in [-0.1, -0.05) is 66.7 Å². The zero-order valence-electron chi connectivity index (χ0n) is 19.5. The topological polar surface area (TPSA) is 46.6 Å². The lowest BCUT2D eigenvalue weighted by Gasteiger charge is -2.54. The third-order valence-electron chi connectivity index (χ3n) is 6.06. The third kappa shape index (κ3) is 5.50. The smallest absolute Gasteiger partial charge is 0.302 e. The SMILES string of the molecule is CC(=O)O[C@@H](C)[C@H]1C(=O)N([C@@H](C)c2ccccc2)[C@@H]1C(Sc1ccccc1)Sc1ccccc1. The number of likely N-dealkylation sites (tertiary alicyclic amines) is 1. The first-order chi connectivity index (χ1) is 16.5. The van der Waals surface area contributed by atoms with Crippen LogP contribution in [0.2, 0.25) is 0 Å². The number of nitrogens with zero attached hydrogens (tertiary/aromatic N) is 1. The number of ether oxygens (including phenoxy) is 1. The summed E-state index contributed by atoms with van der Waals surface area (Å²) in [6, 6.07) is 30.4. The van der Waals surface area contributed by atoms with E-state index in [4.69, 9.17) is 4.74 Å². The van der Waals surface area contributed by atoms with Gasteiger partial charge in [-0.2, -0.15) is 0 Å². The van der Waals surface area contributed by atoms with Crippen molar-refractivity contribution in [2.75, 3.05) is 0 Å². The minimum Gasteiger partial charge on any atom is -0.462 e. The van der Waals surface area contributed by atoms with Gasteiger partial charge in [-0.3, -0.25) is 9.59 Å². The van der Waals surface area contributed by atoms with Gasteiger partial charge in [0.25, 0.3) is 0 Å². The standard InChI is InChI=1S/C28H29NO3S2/c1-19(22-13-7-4-8-14-22)29-26(25(27(29)31)20(2)32-21(3)30)28(33-23-15-9-5-10-16-23)34-24-17-11-6-12-18-24/h4-20,25-26,28H,1-3H3/t19-,20-,25+,26-/m0/s1. The molecule has 4 atom stereocenters. The van der Waals surface area contributed by atoms with Gasteiger partial charge < -0.3 is 9.64 Å². The molecule has 4 nitrogen and oxygen atoms in total. The van der Waals surface area contributed by atoms with Crippen molar-refractivity contribution in [3.8, 4) is 0 Å². The lowest BCUT2D eigenvalue weighted by atomic mass is 9.81. The van der Waals surface area contributed by atoms with Crippen molar-refractivity contribution in [1.29, 1.82) is 0 Å². The quantitative estimate of drug-likeness (QED) is 0.149. The van der Waals surface area contributed by atoms with Crippen LogP contribution in [0.25, 0.3) is 0 Å². The van der Waals surface area contributed by atoms with Crippen LogP contribution >= 0.6 is 23.5 Å². The van der Waals surface area contributed by atoms with Crippen molar-refractivity contribution in [3.05, 3.63) is 96.6 Å². The van der Waals surface area contributed by atoms with Crippen LogP contribution in [-0.4, -0.2) is 33.5 Å². The molecule has 1 heterocycles. The molecule has 1 fully saturated rings. The van der Waals surface area contributed by atoms with Crippen molar-refractivity contribution < 1.29 is 14.3 Å². The summed E-state index contributed by atoms with van der Waals surface area (Å²) in [6.45, 7) is 5.30. The van der Waals surface area contributed by atoms with Crippen molar-refractivity contribution in [2.24, 2.45) is 5.92 Å². The number of esters is 1. The number of rotatable bonds is 9. The summed E-state index contributed by atoms with van der Waals surface area (Å²) in [5.41, 5.74) is 1.09. The van der Waals surface area contributed by atoms with Crippen LogP contribution in [0.5, 0.6) is 0 Å². The molecular formula is C28H29NO3S2. The molecule has 0 aromatic heterocycles. The third-order valence-corrected chi connectivity index (χ3v) is 8.74. The molecule has 3 aromatic rings. The number of carbonyl (C=O) groups excluding carboxylic acids is 2. The Morgan fingerprint density at radius 3 is 1.76 bits per heavy atom. The first kappa shape index (κ1) is 24.4. The highest BCUT2D eigenvalue weighted by atomic mass is 32.2. The fourth-order valence-electron chi connectivity index (χ4n) is 4.44. The predicted molar refractivity (Wildman–Crippen MR) is 139 cm³/mol. The number of β-lactam (4-membered cyclic amide) rings is 1. The minimum absolute atomic E-state index is 0.0108. The molecule has 1 aliphatic heterocycles. The largest absolute Gasteiger partial charge is 0.462 e. The highest BCUT2D eigenvalue weighted by Crippen LogP contribution is 2.49. The number of benzene rings is 3. The maximum atomic E-state index is 13.5. The van der Waals surface area contributed by atoms with Crippen molar-refractivity contribution in [3.63, 3.8) is 0 Å². The summed E-state index contributed by atoms with van der Waals surface area (Å²) >= 11 is 3.51. The maximum Gasteiger partial charge on any atom is 0.302 e. The van der Waals surface area contributed by atoms with E-state index in [2.05, 4.69) is 43.3 Å². The molecule has 3 aromatic carbocycles. The summed E-state index contributed by atoms with van der Waals surface area (Å²) in [5, 5.41) is 0. The summed E-state index contributed by atoms with van der Waals surface area (Å²) in [4.78, 5) is 29.5. The molecule has 1 amide bonds. The molecule has 0 bridgehead atoms. The normalized spacial score (nSPS) is 19.4.